The van der Waals surface area contributed by atoms with Gasteiger partial charge in [-0.3, -0.25) is 4.79 Å². The zero-order chi connectivity index (χ0) is 13.8. The number of ether oxygens (including phenoxy) is 1. The minimum Gasteiger partial charge on any atom is -0.495 e. The van der Waals surface area contributed by atoms with Crippen LogP contribution in [-0.4, -0.2) is 13.0 Å². The van der Waals surface area contributed by atoms with Crippen molar-refractivity contribution in [1.29, 1.82) is 5.26 Å². The fourth-order valence-corrected chi connectivity index (χ4v) is 1.49. The Kier molecular flexibility index (Phi) is 4.57. The summed E-state index contributed by atoms with van der Waals surface area (Å²) in [5, 5.41) is 12.2. The zero-order valence-corrected chi connectivity index (χ0v) is 11.3. The van der Waals surface area contributed by atoms with Crippen LogP contribution < -0.4 is 10.1 Å². The Labute approximate surface area is 112 Å². The number of hydrogen-bond donors (Lipinski definition) is 1. The molecule has 4 nitrogen and oxygen atoms in total. The monoisotopic (exact) mass is 266 g/mol. The maximum atomic E-state index is 12.0. The van der Waals surface area contributed by atoms with Gasteiger partial charge in [-0.1, -0.05) is 18.5 Å². The standard InChI is InChI=1S/C13H15ClN2O2/c1-4-13(2,8-15)12(17)16-9-5-6-10(14)11(7-9)18-3/h5-7H,4H2,1-3H3,(H,16,17). The first-order valence-electron chi connectivity index (χ1n) is 5.53. The molecule has 0 heterocycles. The van der Waals surface area contributed by atoms with E-state index in [2.05, 4.69) is 5.32 Å². The quantitative estimate of drug-likeness (QED) is 0.910. The largest absolute Gasteiger partial charge is 0.495 e. The summed E-state index contributed by atoms with van der Waals surface area (Å²) in [6.07, 6.45) is 0.445. The molecule has 0 aliphatic carbocycles. The van der Waals surface area contributed by atoms with Crippen molar-refractivity contribution in [2.24, 2.45) is 5.41 Å². The molecule has 0 bridgehead atoms. The summed E-state index contributed by atoms with van der Waals surface area (Å²) >= 11 is 5.89. The molecule has 1 atom stereocenters. The molecule has 1 aromatic rings. The topological polar surface area (TPSA) is 62.1 Å². The van der Waals surface area contributed by atoms with Gasteiger partial charge in [0.25, 0.3) is 0 Å². The molecule has 1 amide bonds. The predicted molar refractivity (Wildman–Crippen MR) is 70.6 cm³/mol. The molecule has 0 aromatic heterocycles. The van der Waals surface area contributed by atoms with Gasteiger partial charge in [-0.05, 0) is 25.5 Å². The minimum atomic E-state index is -1.03. The number of nitriles is 1. The van der Waals surface area contributed by atoms with Gasteiger partial charge in [0, 0.05) is 11.8 Å². The van der Waals surface area contributed by atoms with Crippen molar-refractivity contribution < 1.29 is 9.53 Å². The third kappa shape index (κ3) is 2.93. The first kappa shape index (κ1) is 14.3. The van der Waals surface area contributed by atoms with Gasteiger partial charge in [0.2, 0.25) is 5.91 Å². The van der Waals surface area contributed by atoms with E-state index in [9.17, 15) is 4.79 Å². The molecular weight excluding hydrogens is 252 g/mol. The number of methoxy groups -OCH3 is 1. The van der Waals surface area contributed by atoms with Gasteiger partial charge >= 0.3 is 0 Å². The van der Waals surface area contributed by atoms with E-state index < -0.39 is 5.41 Å². The first-order valence-corrected chi connectivity index (χ1v) is 5.91. The van der Waals surface area contributed by atoms with E-state index in [4.69, 9.17) is 21.6 Å². The van der Waals surface area contributed by atoms with Crippen molar-refractivity contribution in [2.75, 3.05) is 12.4 Å². The number of hydrogen-bond acceptors (Lipinski definition) is 3. The Balaban J connectivity index is 2.93. The number of carbonyl (C=O) groups excluding carboxylic acids is 1. The number of benzene rings is 1. The van der Waals surface area contributed by atoms with Crippen molar-refractivity contribution in [3.63, 3.8) is 0 Å². The van der Waals surface area contributed by atoms with Crippen LogP contribution in [0.1, 0.15) is 20.3 Å². The van der Waals surface area contributed by atoms with Crippen molar-refractivity contribution in [1.82, 2.24) is 0 Å². The molecule has 1 N–H and O–H groups in total. The van der Waals surface area contributed by atoms with E-state index in [1.807, 2.05) is 6.07 Å². The average molecular weight is 267 g/mol. The lowest BCUT2D eigenvalue weighted by Crippen LogP contribution is -2.31. The molecule has 1 aromatic carbocycles. The minimum absolute atomic E-state index is 0.336. The smallest absolute Gasteiger partial charge is 0.244 e. The highest BCUT2D eigenvalue weighted by Crippen LogP contribution is 2.29. The molecular formula is C13H15ClN2O2. The molecule has 5 heteroatoms. The van der Waals surface area contributed by atoms with Gasteiger partial charge in [0.1, 0.15) is 11.2 Å². The Morgan fingerprint density at radius 1 is 1.61 bits per heavy atom. The highest BCUT2D eigenvalue weighted by atomic mass is 35.5. The molecule has 18 heavy (non-hydrogen) atoms. The fraction of sp³-hybridized carbons (Fsp3) is 0.385. The molecule has 0 aliphatic heterocycles. The Morgan fingerprint density at radius 2 is 2.28 bits per heavy atom. The van der Waals surface area contributed by atoms with Crippen LogP contribution in [0.5, 0.6) is 5.75 Å². The van der Waals surface area contributed by atoms with Gasteiger partial charge in [0.05, 0.1) is 18.2 Å². The zero-order valence-electron chi connectivity index (χ0n) is 10.6. The van der Waals surface area contributed by atoms with Crippen LogP contribution in [0, 0.1) is 16.7 Å². The number of carbonyl (C=O) groups is 1. The molecule has 0 saturated carbocycles. The van der Waals surface area contributed by atoms with Crippen LogP contribution >= 0.6 is 11.6 Å². The predicted octanol–water partition coefficient (Wildman–Crippen LogP) is 3.23. The third-order valence-electron chi connectivity index (χ3n) is 2.86. The fourth-order valence-electron chi connectivity index (χ4n) is 1.30. The van der Waals surface area contributed by atoms with E-state index in [0.29, 0.717) is 22.9 Å². The van der Waals surface area contributed by atoms with Crippen LogP contribution in [-0.2, 0) is 4.79 Å². The third-order valence-corrected chi connectivity index (χ3v) is 3.18. The van der Waals surface area contributed by atoms with Crippen molar-refractivity contribution >= 4 is 23.2 Å². The highest BCUT2D eigenvalue weighted by molar-refractivity contribution is 6.32. The number of anilines is 1. The van der Waals surface area contributed by atoms with Gasteiger partial charge in [-0.2, -0.15) is 5.26 Å². The summed E-state index contributed by atoms with van der Waals surface area (Å²) < 4.78 is 5.06. The van der Waals surface area contributed by atoms with Gasteiger partial charge in [-0.25, -0.2) is 0 Å². The lowest BCUT2D eigenvalue weighted by Gasteiger charge is -2.18. The summed E-state index contributed by atoms with van der Waals surface area (Å²) in [5.74, 6) is 0.140. The number of nitrogens with zero attached hydrogens (tertiary/aromatic N) is 1. The Morgan fingerprint density at radius 3 is 2.78 bits per heavy atom. The van der Waals surface area contributed by atoms with Crippen LogP contribution in [0.15, 0.2) is 18.2 Å². The van der Waals surface area contributed by atoms with Gasteiger partial charge in [0.15, 0.2) is 0 Å². The summed E-state index contributed by atoms with van der Waals surface area (Å²) in [7, 11) is 1.50. The van der Waals surface area contributed by atoms with Crippen molar-refractivity contribution in [3.05, 3.63) is 23.2 Å². The van der Waals surface area contributed by atoms with E-state index in [1.54, 1.807) is 32.0 Å². The Bertz CT molecular complexity index is 496. The van der Waals surface area contributed by atoms with Crippen molar-refractivity contribution in [2.45, 2.75) is 20.3 Å². The van der Waals surface area contributed by atoms with E-state index in [1.165, 1.54) is 7.11 Å². The van der Waals surface area contributed by atoms with Crippen LogP contribution in [0.2, 0.25) is 5.02 Å². The molecule has 0 spiro atoms. The van der Waals surface area contributed by atoms with Gasteiger partial charge in [-0.15, -0.1) is 0 Å². The second kappa shape index (κ2) is 5.74. The SMILES string of the molecule is CCC(C)(C#N)C(=O)Nc1ccc(Cl)c(OC)c1. The summed E-state index contributed by atoms with van der Waals surface area (Å²) in [6.45, 7) is 3.40. The van der Waals surface area contributed by atoms with Crippen molar-refractivity contribution in [3.8, 4) is 11.8 Å². The number of amides is 1. The maximum absolute atomic E-state index is 12.0. The highest BCUT2D eigenvalue weighted by Gasteiger charge is 2.31. The average Bonchev–Trinajstić information content (AvgIpc) is 2.39. The second-order valence-electron chi connectivity index (χ2n) is 4.10. The molecule has 1 rings (SSSR count). The normalized spacial score (nSPS) is 13.3. The molecule has 0 fully saturated rings. The number of nitrogens with one attached hydrogen (secondary N) is 1. The maximum Gasteiger partial charge on any atom is 0.244 e. The van der Waals surface area contributed by atoms with Crippen LogP contribution in [0.3, 0.4) is 0 Å². The first-order chi connectivity index (χ1) is 8.46. The molecule has 0 aliphatic rings. The lowest BCUT2D eigenvalue weighted by atomic mass is 9.88. The van der Waals surface area contributed by atoms with E-state index in [0.717, 1.165) is 0 Å². The molecule has 1 unspecified atom stereocenters. The number of halogens is 1. The molecule has 0 saturated heterocycles. The Hall–Kier alpha value is -1.73. The number of rotatable bonds is 4. The van der Waals surface area contributed by atoms with E-state index in [-0.39, 0.29) is 5.91 Å². The molecule has 96 valence electrons. The summed E-state index contributed by atoms with van der Waals surface area (Å²) in [6, 6.07) is 6.93. The molecule has 0 radical (unpaired) electrons. The van der Waals surface area contributed by atoms with Crippen LogP contribution in [0.25, 0.3) is 0 Å². The lowest BCUT2D eigenvalue weighted by molar-refractivity contribution is -0.122. The van der Waals surface area contributed by atoms with Crippen LogP contribution in [0.4, 0.5) is 5.69 Å². The second-order valence-corrected chi connectivity index (χ2v) is 4.51. The summed E-state index contributed by atoms with van der Waals surface area (Å²) in [5.41, 5.74) is -0.483. The van der Waals surface area contributed by atoms with Gasteiger partial charge < -0.3 is 10.1 Å². The summed E-state index contributed by atoms with van der Waals surface area (Å²) in [4.78, 5) is 12.0. The van der Waals surface area contributed by atoms with E-state index >= 15 is 0 Å².